The van der Waals surface area contributed by atoms with Crippen molar-refractivity contribution in [1.29, 1.82) is 0 Å². The summed E-state index contributed by atoms with van der Waals surface area (Å²) in [7, 11) is 0. The number of pyridine rings is 1. The number of aliphatic carboxylic acids is 1. The maximum atomic E-state index is 12.8. The highest BCUT2D eigenvalue weighted by atomic mass is 19.1. The predicted octanol–water partition coefficient (Wildman–Crippen LogP) is 2.99. The number of hydrogen-bond acceptors (Lipinski definition) is 2. The lowest BCUT2D eigenvalue weighted by atomic mass is 10.1. The van der Waals surface area contributed by atoms with E-state index in [1.807, 2.05) is 0 Å². The molecule has 0 spiro atoms. The molecule has 2 rings (SSSR count). The standard InChI is InChI=1S/C14H10FNO2/c15-13-4-2-11(3-5-13)12-7-10(8-16-9-12)1-6-14(17)18/h1-9H,(H,17,18). The Bertz CT molecular complexity index is 591. The second kappa shape index (κ2) is 5.23. The molecule has 18 heavy (non-hydrogen) atoms. The normalized spacial score (nSPS) is 10.7. The monoisotopic (exact) mass is 243 g/mol. The van der Waals surface area contributed by atoms with Crippen molar-refractivity contribution in [3.05, 3.63) is 60.2 Å². The van der Waals surface area contributed by atoms with Crippen molar-refractivity contribution in [2.45, 2.75) is 0 Å². The van der Waals surface area contributed by atoms with Crippen LogP contribution >= 0.6 is 0 Å². The fraction of sp³-hybridized carbons (Fsp3) is 0. The second-order valence-electron chi connectivity index (χ2n) is 3.69. The summed E-state index contributed by atoms with van der Waals surface area (Å²) in [6.07, 6.45) is 5.71. The number of hydrogen-bond donors (Lipinski definition) is 1. The molecular weight excluding hydrogens is 233 g/mol. The van der Waals surface area contributed by atoms with E-state index >= 15 is 0 Å². The first-order valence-electron chi connectivity index (χ1n) is 5.27. The maximum absolute atomic E-state index is 12.8. The Labute approximate surface area is 103 Å². The minimum Gasteiger partial charge on any atom is -0.478 e. The van der Waals surface area contributed by atoms with E-state index in [1.165, 1.54) is 18.2 Å². The zero-order chi connectivity index (χ0) is 13.0. The van der Waals surface area contributed by atoms with E-state index in [0.29, 0.717) is 5.56 Å². The van der Waals surface area contributed by atoms with Crippen molar-refractivity contribution in [3.63, 3.8) is 0 Å². The lowest BCUT2D eigenvalue weighted by Crippen LogP contribution is -1.87. The van der Waals surface area contributed by atoms with Crippen LogP contribution in [-0.4, -0.2) is 16.1 Å². The summed E-state index contributed by atoms with van der Waals surface area (Å²) in [5.74, 6) is -1.31. The Morgan fingerprint density at radius 2 is 1.89 bits per heavy atom. The van der Waals surface area contributed by atoms with Gasteiger partial charge in [0.25, 0.3) is 0 Å². The Morgan fingerprint density at radius 3 is 2.56 bits per heavy atom. The molecule has 90 valence electrons. The number of halogens is 1. The molecule has 2 aromatic rings. The predicted molar refractivity (Wildman–Crippen MR) is 66.3 cm³/mol. The summed E-state index contributed by atoms with van der Waals surface area (Å²) in [6.45, 7) is 0. The van der Waals surface area contributed by atoms with Crippen molar-refractivity contribution < 1.29 is 14.3 Å². The van der Waals surface area contributed by atoms with Gasteiger partial charge in [-0.25, -0.2) is 9.18 Å². The molecule has 1 N–H and O–H groups in total. The lowest BCUT2D eigenvalue weighted by Gasteiger charge is -2.02. The van der Waals surface area contributed by atoms with Crippen molar-refractivity contribution >= 4 is 12.0 Å². The Kier molecular flexibility index (Phi) is 3.48. The van der Waals surface area contributed by atoms with Crippen LogP contribution in [0.3, 0.4) is 0 Å². The van der Waals surface area contributed by atoms with E-state index in [2.05, 4.69) is 4.98 Å². The number of aromatic nitrogens is 1. The summed E-state index contributed by atoms with van der Waals surface area (Å²) >= 11 is 0. The number of rotatable bonds is 3. The van der Waals surface area contributed by atoms with Crippen LogP contribution in [0.25, 0.3) is 17.2 Å². The Hall–Kier alpha value is -2.49. The molecule has 0 aliphatic heterocycles. The van der Waals surface area contributed by atoms with Crippen LogP contribution in [-0.2, 0) is 4.79 Å². The van der Waals surface area contributed by atoms with Gasteiger partial charge in [-0.3, -0.25) is 4.98 Å². The topological polar surface area (TPSA) is 50.2 Å². The highest BCUT2D eigenvalue weighted by molar-refractivity contribution is 5.85. The summed E-state index contributed by atoms with van der Waals surface area (Å²) in [4.78, 5) is 14.4. The Morgan fingerprint density at radius 1 is 1.17 bits per heavy atom. The third-order valence-electron chi connectivity index (χ3n) is 2.36. The van der Waals surface area contributed by atoms with Crippen LogP contribution in [0.5, 0.6) is 0 Å². The third-order valence-corrected chi connectivity index (χ3v) is 2.36. The minimum absolute atomic E-state index is 0.298. The van der Waals surface area contributed by atoms with Crippen LogP contribution in [0.4, 0.5) is 4.39 Å². The lowest BCUT2D eigenvalue weighted by molar-refractivity contribution is -0.131. The van der Waals surface area contributed by atoms with E-state index in [-0.39, 0.29) is 5.82 Å². The first kappa shape index (κ1) is 12.0. The number of carboxylic acid groups (broad SMARTS) is 1. The van der Waals surface area contributed by atoms with Crippen molar-refractivity contribution in [1.82, 2.24) is 4.98 Å². The molecule has 1 aromatic heterocycles. The molecule has 0 aliphatic rings. The summed E-state index contributed by atoms with van der Waals surface area (Å²) in [5.41, 5.74) is 2.32. The van der Waals surface area contributed by atoms with Gasteiger partial charge in [0.2, 0.25) is 0 Å². The second-order valence-corrected chi connectivity index (χ2v) is 3.69. The van der Waals surface area contributed by atoms with E-state index in [4.69, 9.17) is 5.11 Å². The third kappa shape index (κ3) is 3.01. The highest BCUT2D eigenvalue weighted by Gasteiger charge is 1.99. The van der Waals surface area contributed by atoms with Crippen LogP contribution < -0.4 is 0 Å². The highest BCUT2D eigenvalue weighted by Crippen LogP contribution is 2.20. The fourth-order valence-electron chi connectivity index (χ4n) is 1.52. The average molecular weight is 243 g/mol. The molecular formula is C14H10FNO2. The number of nitrogens with zero attached hydrogens (tertiary/aromatic N) is 1. The van der Waals surface area contributed by atoms with Crippen molar-refractivity contribution in [2.24, 2.45) is 0 Å². The van der Waals surface area contributed by atoms with Crippen LogP contribution in [0.1, 0.15) is 5.56 Å². The van der Waals surface area contributed by atoms with Crippen molar-refractivity contribution in [3.8, 4) is 11.1 Å². The number of carboxylic acids is 1. The van der Waals surface area contributed by atoms with E-state index < -0.39 is 5.97 Å². The SMILES string of the molecule is O=C(O)C=Cc1cncc(-c2ccc(F)cc2)c1. The van der Waals surface area contributed by atoms with E-state index in [9.17, 15) is 9.18 Å². The number of carbonyl (C=O) groups is 1. The van der Waals surface area contributed by atoms with Gasteiger partial charge in [-0.15, -0.1) is 0 Å². The van der Waals surface area contributed by atoms with Gasteiger partial charge in [-0.1, -0.05) is 12.1 Å². The summed E-state index contributed by atoms with van der Waals surface area (Å²) < 4.78 is 12.8. The molecule has 0 unspecified atom stereocenters. The van der Waals surface area contributed by atoms with Gasteiger partial charge >= 0.3 is 5.97 Å². The maximum Gasteiger partial charge on any atom is 0.328 e. The first-order valence-corrected chi connectivity index (χ1v) is 5.27. The molecule has 1 aromatic carbocycles. The summed E-state index contributed by atoms with van der Waals surface area (Å²) in [5, 5.41) is 8.54. The molecule has 3 nitrogen and oxygen atoms in total. The van der Waals surface area contributed by atoms with E-state index in [0.717, 1.165) is 17.2 Å². The van der Waals surface area contributed by atoms with Gasteiger partial charge in [0.15, 0.2) is 0 Å². The van der Waals surface area contributed by atoms with Gasteiger partial charge in [0.05, 0.1) is 0 Å². The molecule has 4 heteroatoms. The zero-order valence-corrected chi connectivity index (χ0v) is 9.38. The van der Waals surface area contributed by atoms with Gasteiger partial charge in [-0.05, 0) is 35.4 Å². The molecule has 0 aliphatic carbocycles. The number of benzene rings is 1. The molecule has 0 saturated carbocycles. The zero-order valence-electron chi connectivity index (χ0n) is 9.38. The van der Waals surface area contributed by atoms with Gasteiger partial charge in [0, 0.05) is 24.0 Å². The van der Waals surface area contributed by atoms with Gasteiger partial charge in [-0.2, -0.15) is 0 Å². The molecule has 0 saturated heterocycles. The molecule has 0 atom stereocenters. The van der Waals surface area contributed by atoms with Crippen molar-refractivity contribution in [2.75, 3.05) is 0 Å². The average Bonchev–Trinajstić information content (AvgIpc) is 2.37. The van der Waals surface area contributed by atoms with Crippen LogP contribution in [0.2, 0.25) is 0 Å². The van der Waals surface area contributed by atoms with Gasteiger partial charge in [0.1, 0.15) is 5.82 Å². The molecule has 1 heterocycles. The Balaban J connectivity index is 2.32. The van der Waals surface area contributed by atoms with E-state index in [1.54, 1.807) is 30.6 Å². The van der Waals surface area contributed by atoms with Crippen LogP contribution in [0.15, 0.2) is 48.8 Å². The first-order chi connectivity index (χ1) is 8.65. The fourth-order valence-corrected chi connectivity index (χ4v) is 1.52. The molecule has 0 amide bonds. The minimum atomic E-state index is -1.01. The molecule has 0 radical (unpaired) electrons. The molecule has 0 bridgehead atoms. The largest absolute Gasteiger partial charge is 0.478 e. The van der Waals surface area contributed by atoms with Crippen LogP contribution in [0, 0.1) is 5.82 Å². The quantitative estimate of drug-likeness (QED) is 0.843. The van der Waals surface area contributed by atoms with Gasteiger partial charge < -0.3 is 5.11 Å². The smallest absolute Gasteiger partial charge is 0.328 e. The molecule has 0 fully saturated rings. The summed E-state index contributed by atoms with van der Waals surface area (Å²) in [6, 6.07) is 7.83.